The van der Waals surface area contributed by atoms with Crippen LogP contribution < -0.4 is 5.32 Å². The number of hydrogen-bond acceptors (Lipinski definition) is 4. The summed E-state index contributed by atoms with van der Waals surface area (Å²) in [4.78, 5) is 2.58. The highest BCUT2D eigenvalue weighted by Crippen LogP contribution is 2.16. The molecule has 2 rings (SSSR count). The number of hydrogen-bond donors (Lipinski definition) is 1. The van der Waals surface area contributed by atoms with Crippen molar-refractivity contribution in [1.82, 2.24) is 25.0 Å². The van der Waals surface area contributed by atoms with Gasteiger partial charge in [-0.15, -0.1) is 10.2 Å². The minimum absolute atomic E-state index is 0.272. The minimum Gasteiger partial charge on any atom is -0.319 e. The van der Waals surface area contributed by atoms with E-state index in [9.17, 15) is 0 Å². The molecule has 0 bridgehead atoms. The van der Waals surface area contributed by atoms with Crippen LogP contribution in [0.1, 0.15) is 45.5 Å². The Labute approximate surface area is 116 Å². The van der Waals surface area contributed by atoms with Crippen LogP contribution in [0.25, 0.3) is 0 Å². The molecule has 1 atom stereocenters. The van der Waals surface area contributed by atoms with Gasteiger partial charge in [-0.1, -0.05) is 13.8 Å². The van der Waals surface area contributed by atoms with E-state index in [4.69, 9.17) is 0 Å². The van der Waals surface area contributed by atoms with Crippen molar-refractivity contribution in [2.75, 3.05) is 19.6 Å². The molecular formula is C14H27N5. The maximum absolute atomic E-state index is 4.18. The highest BCUT2D eigenvalue weighted by Gasteiger charge is 2.22. The van der Waals surface area contributed by atoms with Crippen molar-refractivity contribution in [3.63, 3.8) is 0 Å². The van der Waals surface area contributed by atoms with Crippen LogP contribution >= 0.6 is 0 Å². The van der Waals surface area contributed by atoms with E-state index in [0.29, 0.717) is 6.04 Å². The smallest absolute Gasteiger partial charge is 0.149 e. The summed E-state index contributed by atoms with van der Waals surface area (Å²) in [6.45, 7) is 10.4. The third kappa shape index (κ3) is 4.01. The molecule has 5 nitrogen and oxygen atoms in total. The van der Waals surface area contributed by atoms with Gasteiger partial charge >= 0.3 is 0 Å². The van der Waals surface area contributed by atoms with E-state index in [1.807, 2.05) is 11.6 Å². The molecule has 1 aromatic heterocycles. The van der Waals surface area contributed by atoms with E-state index in [2.05, 4.69) is 41.2 Å². The van der Waals surface area contributed by atoms with Gasteiger partial charge in [-0.05, 0) is 38.8 Å². The van der Waals surface area contributed by atoms with Crippen LogP contribution in [-0.4, -0.2) is 45.3 Å². The summed E-state index contributed by atoms with van der Waals surface area (Å²) in [5.74, 6) is 1.78. The summed E-state index contributed by atoms with van der Waals surface area (Å²) in [6, 6.07) is 0.879. The minimum atomic E-state index is 0.272. The second-order valence-electron chi connectivity index (χ2n) is 6.16. The number of piperidine rings is 1. The molecule has 0 aliphatic carbocycles. The predicted molar refractivity (Wildman–Crippen MR) is 76.9 cm³/mol. The Balaban J connectivity index is 1.78. The van der Waals surface area contributed by atoms with E-state index in [1.54, 1.807) is 6.33 Å². The molecule has 5 heteroatoms. The predicted octanol–water partition coefficient (Wildman–Crippen LogP) is 1.59. The van der Waals surface area contributed by atoms with Gasteiger partial charge in [0, 0.05) is 19.6 Å². The SMILES string of the molecule is CC(C)CN1CCC(NC(C)c2nncn2C)CC1. The zero-order chi connectivity index (χ0) is 13.8. The fourth-order valence-corrected chi connectivity index (χ4v) is 2.91. The molecule has 1 aliphatic heterocycles. The second kappa shape index (κ2) is 6.48. The quantitative estimate of drug-likeness (QED) is 0.878. The molecule has 1 unspecified atom stereocenters. The number of nitrogens with one attached hydrogen (secondary N) is 1. The van der Waals surface area contributed by atoms with E-state index < -0.39 is 0 Å². The van der Waals surface area contributed by atoms with Gasteiger partial charge in [0.15, 0.2) is 0 Å². The van der Waals surface area contributed by atoms with Crippen molar-refractivity contribution in [3.8, 4) is 0 Å². The van der Waals surface area contributed by atoms with Gasteiger partial charge in [0.05, 0.1) is 6.04 Å². The first-order valence-corrected chi connectivity index (χ1v) is 7.38. The fourth-order valence-electron chi connectivity index (χ4n) is 2.91. The highest BCUT2D eigenvalue weighted by atomic mass is 15.3. The molecule has 2 heterocycles. The second-order valence-corrected chi connectivity index (χ2v) is 6.16. The average molecular weight is 265 g/mol. The Hall–Kier alpha value is -0.940. The number of likely N-dealkylation sites (tertiary alicyclic amines) is 1. The van der Waals surface area contributed by atoms with Crippen LogP contribution in [0.15, 0.2) is 6.33 Å². The van der Waals surface area contributed by atoms with Gasteiger partial charge < -0.3 is 14.8 Å². The molecule has 108 valence electrons. The van der Waals surface area contributed by atoms with Crippen LogP contribution in [0.5, 0.6) is 0 Å². The average Bonchev–Trinajstić information content (AvgIpc) is 2.77. The van der Waals surface area contributed by atoms with Crippen molar-refractivity contribution >= 4 is 0 Å². The summed E-state index contributed by atoms with van der Waals surface area (Å²) in [5, 5.41) is 11.8. The van der Waals surface area contributed by atoms with Crippen LogP contribution in [0.4, 0.5) is 0 Å². The highest BCUT2D eigenvalue weighted by molar-refractivity contribution is 4.94. The van der Waals surface area contributed by atoms with Crippen molar-refractivity contribution < 1.29 is 0 Å². The van der Waals surface area contributed by atoms with E-state index >= 15 is 0 Å². The standard InChI is InChI=1S/C14H27N5/c1-11(2)9-19-7-5-13(6-8-19)16-12(3)14-17-15-10-18(14)4/h10-13,16H,5-9H2,1-4H3. The summed E-state index contributed by atoms with van der Waals surface area (Å²) in [5.41, 5.74) is 0. The molecule has 0 saturated carbocycles. The summed E-state index contributed by atoms with van der Waals surface area (Å²) in [7, 11) is 2.00. The zero-order valence-corrected chi connectivity index (χ0v) is 12.6. The molecule has 1 aromatic rings. The summed E-state index contributed by atoms with van der Waals surface area (Å²) in [6.07, 6.45) is 4.22. The lowest BCUT2D eigenvalue weighted by Gasteiger charge is -2.34. The van der Waals surface area contributed by atoms with E-state index in [1.165, 1.54) is 32.5 Å². The lowest BCUT2D eigenvalue weighted by Crippen LogP contribution is -2.44. The molecule has 0 aromatic carbocycles. The number of rotatable bonds is 5. The molecule has 0 radical (unpaired) electrons. The Bertz CT molecular complexity index is 379. The maximum atomic E-state index is 4.18. The molecule has 19 heavy (non-hydrogen) atoms. The number of aryl methyl sites for hydroxylation is 1. The Morgan fingerprint density at radius 1 is 1.32 bits per heavy atom. The molecule has 1 saturated heterocycles. The first-order valence-electron chi connectivity index (χ1n) is 7.38. The topological polar surface area (TPSA) is 46.0 Å². The normalized spacial score (nSPS) is 20.1. The van der Waals surface area contributed by atoms with Gasteiger partial charge in [0.2, 0.25) is 0 Å². The molecule has 1 fully saturated rings. The summed E-state index contributed by atoms with van der Waals surface area (Å²) >= 11 is 0. The van der Waals surface area contributed by atoms with Gasteiger partial charge in [-0.2, -0.15) is 0 Å². The summed E-state index contributed by atoms with van der Waals surface area (Å²) < 4.78 is 1.99. The van der Waals surface area contributed by atoms with Gasteiger partial charge in [0.1, 0.15) is 12.2 Å². The van der Waals surface area contributed by atoms with Gasteiger partial charge in [-0.25, -0.2) is 0 Å². The van der Waals surface area contributed by atoms with Crippen LogP contribution in [-0.2, 0) is 7.05 Å². The third-order valence-corrected chi connectivity index (χ3v) is 3.83. The van der Waals surface area contributed by atoms with Crippen LogP contribution in [0.3, 0.4) is 0 Å². The van der Waals surface area contributed by atoms with Crippen LogP contribution in [0.2, 0.25) is 0 Å². The Kier molecular flexibility index (Phi) is 4.93. The molecule has 0 amide bonds. The van der Waals surface area contributed by atoms with Gasteiger partial charge in [0.25, 0.3) is 0 Å². The van der Waals surface area contributed by atoms with Crippen molar-refractivity contribution in [2.24, 2.45) is 13.0 Å². The first-order chi connectivity index (χ1) is 9.06. The zero-order valence-electron chi connectivity index (χ0n) is 12.6. The third-order valence-electron chi connectivity index (χ3n) is 3.83. The number of aromatic nitrogens is 3. The molecule has 1 aliphatic rings. The first kappa shape index (κ1) is 14.5. The monoisotopic (exact) mass is 265 g/mol. The van der Waals surface area contributed by atoms with E-state index in [0.717, 1.165) is 11.7 Å². The fraction of sp³-hybridized carbons (Fsp3) is 0.857. The lowest BCUT2D eigenvalue weighted by molar-refractivity contribution is 0.174. The van der Waals surface area contributed by atoms with Crippen molar-refractivity contribution in [1.29, 1.82) is 0 Å². The van der Waals surface area contributed by atoms with Crippen molar-refractivity contribution in [3.05, 3.63) is 12.2 Å². The molecule has 1 N–H and O–H groups in total. The number of nitrogens with zero attached hydrogens (tertiary/aromatic N) is 4. The van der Waals surface area contributed by atoms with Gasteiger partial charge in [-0.3, -0.25) is 0 Å². The van der Waals surface area contributed by atoms with Crippen LogP contribution in [0, 0.1) is 5.92 Å². The Morgan fingerprint density at radius 3 is 2.53 bits per heavy atom. The van der Waals surface area contributed by atoms with Crippen molar-refractivity contribution in [2.45, 2.75) is 45.7 Å². The molecule has 0 spiro atoms. The Morgan fingerprint density at radius 2 is 2.00 bits per heavy atom. The van der Waals surface area contributed by atoms with E-state index in [-0.39, 0.29) is 6.04 Å². The largest absolute Gasteiger partial charge is 0.319 e. The molecular weight excluding hydrogens is 238 g/mol. The lowest BCUT2D eigenvalue weighted by atomic mass is 10.0. The maximum Gasteiger partial charge on any atom is 0.149 e.